The summed E-state index contributed by atoms with van der Waals surface area (Å²) < 4.78 is 5.97. The van der Waals surface area contributed by atoms with Gasteiger partial charge in [0.15, 0.2) is 0 Å². The molecule has 144 valence electrons. The Hall–Kier alpha value is -1.88. The number of aliphatic hydroxyl groups excluding tert-OH is 1. The molecule has 1 aliphatic heterocycles. The summed E-state index contributed by atoms with van der Waals surface area (Å²) in [7, 11) is 0. The molecular formula is C23H30N2O2. The van der Waals surface area contributed by atoms with Crippen molar-refractivity contribution in [2.24, 2.45) is 5.92 Å². The molecule has 2 aromatic carbocycles. The van der Waals surface area contributed by atoms with Gasteiger partial charge in [-0.25, -0.2) is 0 Å². The molecule has 1 aliphatic carbocycles. The van der Waals surface area contributed by atoms with Gasteiger partial charge in [0, 0.05) is 31.7 Å². The highest BCUT2D eigenvalue weighted by molar-refractivity contribution is 5.33. The molecule has 2 aliphatic rings. The van der Waals surface area contributed by atoms with Crippen LogP contribution in [0.25, 0.3) is 0 Å². The maximum atomic E-state index is 10.5. The van der Waals surface area contributed by atoms with Gasteiger partial charge in [0.05, 0.1) is 0 Å². The fourth-order valence-corrected chi connectivity index (χ4v) is 3.77. The van der Waals surface area contributed by atoms with E-state index in [9.17, 15) is 5.11 Å². The van der Waals surface area contributed by atoms with Crippen molar-refractivity contribution < 1.29 is 9.84 Å². The van der Waals surface area contributed by atoms with E-state index in [2.05, 4.69) is 40.5 Å². The van der Waals surface area contributed by atoms with Crippen LogP contribution in [0.4, 0.5) is 0 Å². The molecule has 4 heteroatoms. The van der Waals surface area contributed by atoms with Crippen LogP contribution in [-0.4, -0.2) is 42.4 Å². The first-order valence-corrected chi connectivity index (χ1v) is 10.2. The zero-order valence-corrected chi connectivity index (χ0v) is 15.9. The summed E-state index contributed by atoms with van der Waals surface area (Å²) >= 11 is 0. The minimum absolute atomic E-state index is 0.331. The van der Waals surface area contributed by atoms with Gasteiger partial charge in [-0.2, -0.15) is 0 Å². The Bertz CT molecular complexity index is 745. The van der Waals surface area contributed by atoms with Crippen molar-refractivity contribution in [1.29, 1.82) is 0 Å². The normalized spacial score (nSPS) is 18.1. The highest BCUT2D eigenvalue weighted by Crippen LogP contribution is 2.28. The molecule has 4 nitrogen and oxygen atoms in total. The molecule has 1 saturated carbocycles. The summed E-state index contributed by atoms with van der Waals surface area (Å²) in [5, 5.41) is 14.0. The molecule has 4 rings (SSSR count). The van der Waals surface area contributed by atoms with Crippen LogP contribution in [0.15, 0.2) is 48.5 Å². The number of hydrogen-bond acceptors (Lipinski definition) is 4. The second-order valence-electron chi connectivity index (χ2n) is 7.90. The number of β-amino-alcohol motifs (C(OH)–C–C–N with tert-alkyl or cyclic N) is 1. The molecule has 0 unspecified atom stereocenters. The van der Waals surface area contributed by atoms with E-state index >= 15 is 0 Å². The lowest BCUT2D eigenvalue weighted by Gasteiger charge is -2.30. The van der Waals surface area contributed by atoms with Crippen LogP contribution in [0.5, 0.6) is 5.75 Å². The molecule has 0 radical (unpaired) electrons. The molecule has 27 heavy (non-hydrogen) atoms. The second-order valence-corrected chi connectivity index (χ2v) is 7.90. The zero-order valence-electron chi connectivity index (χ0n) is 15.9. The van der Waals surface area contributed by atoms with Crippen LogP contribution in [-0.2, 0) is 19.5 Å². The summed E-state index contributed by atoms with van der Waals surface area (Å²) in [5.41, 5.74) is 3.98. The Labute approximate surface area is 162 Å². The van der Waals surface area contributed by atoms with E-state index in [1.807, 2.05) is 18.2 Å². The number of ether oxygens (including phenoxy) is 1. The van der Waals surface area contributed by atoms with Crippen molar-refractivity contribution in [3.63, 3.8) is 0 Å². The van der Waals surface area contributed by atoms with E-state index in [0.29, 0.717) is 13.2 Å². The van der Waals surface area contributed by atoms with Crippen LogP contribution < -0.4 is 10.1 Å². The third kappa shape index (κ3) is 5.32. The van der Waals surface area contributed by atoms with E-state index in [4.69, 9.17) is 4.74 Å². The minimum Gasteiger partial charge on any atom is -0.491 e. The highest BCUT2D eigenvalue weighted by atomic mass is 16.5. The Balaban J connectivity index is 1.25. The van der Waals surface area contributed by atoms with E-state index < -0.39 is 6.10 Å². The van der Waals surface area contributed by atoms with Crippen LogP contribution in [0.1, 0.15) is 29.5 Å². The fourth-order valence-electron chi connectivity index (χ4n) is 3.77. The smallest absolute Gasteiger partial charge is 0.123 e. The quantitative estimate of drug-likeness (QED) is 0.716. The van der Waals surface area contributed by atoms with E-state index in [1.165, 1.54) is 24.0 Å². The number of fused-ring (bicyclic) bond motifs is 1. The van der Waals surface area contributed by atoms with Crippen molar-refractivity contribution in [2.45, 2.75) is 38.5 Å². The molecule has 0 saturated heterocycles. The summed E-state index contributed by atoms with van der Waals surface area (Å²) in [6.07, 6.45) is 3.29. The molecule has 0 bridgehead atoms. The summed E-state index contributed by atoms with van der Waals surface area (Å²) in [6.45, 7) is 4.80. The summed E-state index contributed by atoms with van der Waals surface area (Å²) in [5.74, 6) is 1.75. The van der Waals surface area contributed by atoms with Crippen molar-refractivity contribution >= 4 is 0 Å². The Morgan fingerprint density at radius 3 is 2.70 bits per heavy atom. The Morgan fingerprint density at radius 1 is 1.07 bits per heavy atom. The average molecular weight is 367 g/mol. The van der Waals surface area contributed by atoms with Crippen LogP contribution in [0.2, 0.25) is 0 Å². The van der Waals surface area contributed by atoms with Gasteiger partial charge < -0.3 is 15.2 Å². The first-order valence-electron chi connectivity index (χ1n) is 10.2. The number of nitrogens with one attached hydrogen (secondary N) is 1. The van der Waals surface area contributed by atoms with Gasteiger partial charge in [0.25, 0.3) is 0 Å². The van der Waals surface area contributed by atoms with E-state index in [1.54, 1.807) is 0 Å². The van der Waals surface area contributed by atoms with Crippen molar-refractivity contribution in [1.82, 2.24) is 10.2 Å². The number of para-hydroxylation sites is 1. The Kier molecular flexibility index (Phi) is 6.07. The molecule has 0 spiro atoms. The van der Waals surface area contributed by atoms with Crippen molar-refractivity contribution in [3.05, 3.63) is 65.2 Å². The second kappa shape index (κ2) is 8.87. The summed E-state index contributed by atoms with van der Waals surface area (Å²) in [4.78, 5) is 2.32. The number of nitrogens with zero attached hydrogens (tertiary/aromatic N) is 1. The van der Waals surface area contributed by atoms with Gasteiger partial charge in [-0.3, -0.25) is 4.90 Å². The average Bonchev–Trinajstić information content (AvgIpc) is 3.51. The fraction of sp³-hybridized carbons (Fsp3) is 0.478. The first kappa shape index (κ1) is 18.5. The van der Waals surface area contributed by atoms with Gasteiger partial charge in [-0.05, 0) is 48.9 Å². The molecule has 1 atom stereocenters. The van der Waals surface area contributed by atoms with Crippen LogP contribution in [0.3, 0.4) is 0 Å². The molecule has 2 N–H and O–H groups in total. The van der Waals surface area contributed by atoms with Gasteiger partial charge in [-0.1, -0.05) is 42.5 Å². The van der Waals surface area contributed by atoms with Crippen molar-refractivity contribution in [2.75, 3.05) is 26.2 Å². The molecule has 1 heterocycles. The largest absolute Gasteiger partial charge is 0.491 e. The van der Waals surface area contributed by atoms with E-state index in [-0.39, 0.29) is 0 Å². The standard InChI is InChI=1S/C23H30N2O2/c26-22(16-25-12-11-19-5-1-2-7-21(19)15-25)17-27-23-8-4-3-6-20(23)14-24-13-18-9-10-18/h1-8,18,22,24,26H,9-17H2/t22-/m0/s1. The van der Waals surface area contributed by atoms with Gasteiger partial charge >= 0.3 is 0 Å². The number of hydrogen-bond donors (Lipinski definition) is 2. The molecule has 1 fully saturated rings. The maximum Gasteiger partial charge on any atom is 0.123 e. The zero-order chi connectivity index (χ0) is 18.5. The lowest BCUT2D eigenvalue weighted by molar-refractivity contribution is 0.0634. The predicted molar refractivity (Wildman–Crippen MR) is 108 cm³/mol. The SMILES string of the molecule is O[C@H](COc1ccccc1CNCC1CC1)CN1CCc2ccccc2C1. The minimum atomic E-state index is -0.484. The monoisotopic (exact) mass is 366 g/mol. The highest BCUT2D eigenvalue weighted by Gasteiger charge is 2.21. The van der Waals surface area contributed by atoms with Crippen LogP contribution in [0, 0.1) is 5.92 Å². The molecule has 2 aromatic rings. The molecule has 0 amide bonds. The lowest BCUT2D eigenvalue weighted by atomic mass is 10.00. The summed E-state index contributed by atoms with van der Waals surface area (Å²) in [6, 6.07) is 16.7. The molecular weight excluding hydrogens is 336 g/mol. The molecule has 0 aromatic heterocycles. The van der Waals surface area contributed by atoms with Gasteiger partial charge in [0.1, 0.15) is 18.5 Å². The topological polar surface area (TPSA) is 44.7 Å². The Morgan fingerprint density at radius 2 is 1.85 bits per heavy atom. The number of benzene rings is 2. The number of aliphatic hydroxyl groups is 1. The van der Waals surface area contributed by atoms with Gasteiger partial charge in [0.2, 0.25) is 0 Å². The third-order valence-electron chi connectivity index (χ3n) is 5.53. The van der Waals surface area contributed by atoms with Gasteiger partial charge in [-0.15, -0.1) is 0 Å². The lowest BCUT2D eigenvalue weighted by Crippen LogP contribution is -2.38. The van der Waals surface area contributed by atoms with E-state index in [0.717, 1.165) is 49.8 Å². The maximum absolute atomic E-state index is 10.5. The van der Waals surface area contributed by atoms with Crippen molar-refractivity contribution in [3.8, 4) is 5.75 Å². The predicted octanol–water partition coefficient (Wildman–Crippen LogP) is 2.98. The van der Waals surface area contributed by atoms with Crippen LogP contribution >= 0.6 is 0 Å². The first-order chi connectivity index (χ1) is 13.3. The third-order valence-corrected chi connectivity index (χ3v) is 5.53. The number of rotatable bonds is 9.